The Morgan fingerprint density at radius 1 is 1.03 bits per heavy atom. The van der Waals surface area contributed by atoms with Crippen LogP contribution in [0.2, 0.25) is 10.0 Å². The van der Waals surface area contributed by atoms with Gasteiger partial charge in [0.25, 0.3) is 10.0 Å². The smallest absolute Gasteiger partial charge is 0.324 e. The Hall–Kier alpha value is -3.38. The summed E-state index contributed by atoms with van der Waals surface area (Å²) in [5, 5.41) is 19.3. The van der Waals surface area contributed by atoms with Crippen molar-refractivity contribution in [2.24, 2.45) is 0 Å². The highest BCUT2D eigenvalue weighted by atomic mass is 35.5. The highest BCUT2D eigenvalue weighted by Crippen LogP contribution is 2.34. The lowest BCUT2D eigenvalue weighted by atomic mass is 10.1. The number of carboxylic acid groups (broad SMARTS) is 1. The molecule has 198 valence electrons. The first-order chi connectivity index (χ1) is 18.1. The molecule has 0 aliphatic carbocycles. The number of aliphatic carboxylic acids is 1. The van der Waals surface area contributed by atoms with E-state index in [4.69, 9.17) is 27.9 Å². The molecule has 0 saturated carbocycles. The summed E-state index contributed by atoms with van der Waals surface area (Å²) in [5.41, 5.74) is 1.57. The van der Waals surface area contributed by atoms with Gasteiger partial charge in [0.15, 0.2) is 11.6 Å². The zero-order valence-electron chi connectivity index (χ0n) is 20.2. The fraction of sp³-hybridized carbons (Fsp3) is 0.240. The average molecular weight is 576 g/mol. The number of aromatic nitrogens is 3. The number of hydrogen-bond acceptors (Lipinski definition) is 7. The predicted octanol–water partition coefficient (Wildman–Crippen LogP) is 4.15. The van der Waals surface area contributed by atoms with E-state index >= 15 is 0 Å². The van der Waals surface area contributed by atoms with Crippen LogP contribution in [0.5, 0.6) is 0 Å². The molecule has 38 heavy (non-hydrogen) atoms. The monoisotopic (exact) mass is 575 g/mol. The predicted molar refractivity (Wildman–Crippen MR) is 145 cm³/mol. The SMILES string of the molecule is Cc1c(N(CC(=O)O)S(=O)(=O)c2cc(Cl)cc(Cl)c2)ccc2c1ccn2-c1ccc(N2CCOCC2)nn1. The van der Waals surface area contributed by atoms with E-state index in [1.165, 1.54) is 18.2 Å². The van der Waals surface area contributed by atoms with Gasteiger partial charge in [-0.3, -0.25) is 13.7 Å². The first kappa shape index (κ1) is 26.2. The van der Waals surface area contributed by atoms with Crippen molar-refractivity contribution in [2.75, 3.05) is 42.1 Å². The van der Waals surface area contributed by atoms with E-state index in [9.17, 15) is 18.3 Å². The lowest BCUT2D eigenvalue weighted by molar-refractivity contribution is -0.135. The van der Waals surface area contributed by atoms with Gasteiger partial charge in [0, 0.05) is 34.7 Å². The standard InChI is InChI=1S/C25H23Cl2N5O5S/c1-16-20-6-7-31(24-5-4-23(28-29-24)30-8-10-37-11-9-30)22(20)3-2-21(16)32(15-25(33)34)38(35,36)19-13-17(26)12-18(27)14-19/h2-7,12-14H,8-11,15H2,1H3,(H,33,34). The van der Waals surface area contributed by atoms with Crippen molar-refractivity contribution in [3.05, 3.63) is 70.3 Å². The van der Waals surface area contributed by atoms with Crippen LogP contribution in [0.3, 0.4) is 0 Å². The summed E-state index contributed by atoms with van der Waals surface area (Å²) in [4.78, 5) is 13.6. The molecule has 2 aromatic carbocycles. The molecule has 0 atom stereocenters. The van der Waals surface area contributed by atoms with Crippen LogP contribution in [-0.2, 0) is 19.6 Å². The summed E-state index contributed by atoms with van der Waals surface area (Å²) >= 11 is 12.1. The van der Waals surface area contributed by atoms with E-state index in [0.717, 1.165) is 34.1 Å². The summed E-state index contributed by atoms with van der Waals surface area (Å²) in [7, 11) is -4.31. The molecule has 3 heterocycles. The van der Waals surface area contributed by atoms with Crippen LogP contribution in [0.4, 0.5) is 11.5 Å². The number of rotatable bonds is 7. The summed E-state index contributed by atoms with van der Waals surface area (Å²) in [5.74, 6) is 0.0461. The lowest BCUT2D eigenvalue weighted by Crippen LogP contribution is -2.36. The third kappa shape index (κ3) is 5.02. The van der Waals surface area contributed by atoms with Crippen LogP contribution in [0.25, 0.3) is 16.7 Å². The van der Waals surface area contributed by atoms with Crippen molar-refractivity contribution in [1.29, 1.82) is 0 Å². The molecule has 1 aliphatic heterocycles. The molecular weight excluding hydrogens is 553 g/mol. The largest absolute Gasteiger partial charge is 0.480 e. The minimum atomic E-state index is -4.31. The number of halogens is 2. The summed E-state index contributed by atoms with van der Waals surface area (Å²) in [6.45, 7) is 3.75. The van der Waals surface area contributed by atoms with Crippen LogP contribution in [-0.4, -0.2) is 67.1 Å². The Morgan fingerprint density at radius 3 is 2.32 bits per heavy atom. The van der Waals surface area contributed by atoms with Gasteiger partial charge >= 0.3 is 5.97 Å². The zero-order valence-corrected chi connectivity index (χ0v) is 22.5. The minimum absolute atomic E-state index is 0.122. The van der Waals surface area contributed by atoms with E-state index in [-0.39, 0.29) is 20.6 Å². The number of ether oxygens (including phenoxy) is 1. The molecule has 1 saturated heterocycles. The first-order valence-corrected chi connectivity index (χ1v) is 13.8. The molecule has 2 aromatic heterocycles. The average Bonchev–Trinajstić information content (AvgIpc) is 3.33. The molecule has 1 N–H and O–H groups in total. The molecule has 10 nitrogen and oxygen atoms in total. The molecule has 1 fully saturated rings. The van der Waals surface area contributed by atoms with Crippen molar-refractivity contribution in [3.63, 3.8) is 0 Å². The van der Waals surface area contributed by atoms with Crippen LogP contribution in [0.15, 0.2) is 59.6 Å². The van der Waals surface area contributed by atoms with Gasteiger partial charge in [0.1, 0.15) is 6.54 Å². The van der Waals surface area contributed by atoms with Gasteiger partial charge in [0.05, 0.1) is 29.3 Å². The molecule has 0 amide bonds. The number of nitrogens with zero attached hydrogens (tertiary/aromatic N) is 5. The summed E-state index contributed by atoms with van der Waals surface area (Å²) in [6, 6.07) is 12.8. The highest BCUT2D eigenvalue weighted by molar-refractivity contribution is 7.92. The molecule has 0 bridgehead atoms. The van der Waals surface area contributed by atoms with Gasteiger partial charge in [0.2, 0.25) is 0 Å². The van der Waals surface area contributed by atoms with E-state index in [1.54, 1.807) is 19.1 Å². The molecule has 4 aromatic rings. The molecule has 0 spiro atoms. The van der Waals surface area contributed by atoms with Gasteiger partial charge < -0.3 is 14.7 Å². The maximum absolute atomic E-state index is 13.6. The number of hydrogen-bond donors (Lipinski definition) is 1. The van der Waals surface area contributed by atoms with Crippen molar-refractivity contribution in [3.8, 4) is 5.82 Å². The quantitative estimate of drug-likeness (QED) is 0.349. The van der Waals surface area contributed by atoms with Gasteiger partial charge in [-0.2, -0.15) is 0 Å². The molecule has 5 rings (SSSR count). The van der Waals surface area contributed by atoms with Crippen LogP contribution < -0.4 is 9.21 Å². The van der Waals surface area contributed by atoms with Gasteiger partial charge in [-0.05, 0) is 61.0 Å². The number of fused-ring (bicyclic) bond motifs is 1. The van der Waals surface area contributed by atoms with Gasteiger partial charge in [-0.15, -0.1) is 10.2 Å². The maximum Gasteiger partial charge on any atom is 0.324 e. The Bertz CT molecular complexity index is 1600. The molecular formula is C25H23Cl2N5O5S. The Morgan fingerprint density at radius 2 is 1.68 bits per heavy atom. The number of aryl methyl sites for hydroxylation is 1. The maximum atomic E-state index is 13.6. The number of carboxylic acids is 1. The van der Waals surface area contributed by atoms with E-state index in [1.807, 2.05) is 29.0 Å². The third-order valence-electron chi connectivity index (χ3n) is 6.30. The second-order valence-corrected chi connectivity index (χ2v) is 11.4. The number of benzene rings is 2. The highest BCUT2D eigenvalue weighted by Gasteiger charge is 2.29. The molecule has 1 aliphatic rings. The fourth-order valence-electron chi connectivity index (χ4n) is 4.46. The fourth-order valence-corrected chi connectivity index (χ4v) is 6.66. The van der Waals surface area contributed by atoms with Crippen LogP contribution >= 0.6 is 23.2 Å². The van der Waals surface area contributed by atoms with Crippen molar-refractivity contribution < 1.29 is 23.1 Å². The molecule has 0 radical (unpaired) electrons. The Labute approximate surface area is 229 Å². The summed E-state index contributed by atoms with van der Waals surface area (Å²) in [6.07, 6.45) is 1.81. The number of carbonyl (C=O) groups is 1. The first-order valence-electron chi connectivity index (χ1n) is 11.6. The molecule has 0 unspecified atom stereocenters. The second kappa shape index (κ2) is 10.4. The number of morpholine rings is 1. The van der Waals surface area contributed by atoms with Crippen molar-refractivity contribution in [2.45, 2.75) is 11.8 Å². The molecule has 13 heteroatoms. The van der Waals surface area contributed by atoms with E-state index in [0.29, 0.717) is 24.6 Å². The Kier molecular flexibility index (Phi) is 7.19. The normalized spacial score (nSPS) is 14.1. The lowest BCUT2D eigenvalue weighted by Gasteiger charge is -2.27. The third-order valence-corrected chi connectivity index (χ3v) is 8.48. The van der Waals surface area contributed by atoms with Crippen LogP contribution in [0.1, 0.15) is 5.56 Å². The number of sulfonamides is 1. The zero-order chi connectivity index (χ0) is 27.0. The van der Waals surface area contributed by atoms with Gasteiger partial charge in [-0.25, -0.2) is 8.42 Å². The topological polar surface area (TPSA) is 118 Å². The van der Waals surface area contributed by atoms with E-state index in [2.05, 4.69) is 15.1 Å². The van der Waals surface area contributed by atoms with Crippen molar-refractivity contribution >= 4 is 61.6 Å². The van der Waals surface area contributed by atoms with Crippen LogP contribution in [0, 0.1) is 6.92 Å². The van der Waals surface area contributed by atoms with Crippen molar-refractivity contribution in [1.82, 2.24) is 14.8 Å². The minimum Gasteiger partial charge on any atom is -0.480 e. The summed E-state index contributed by atoms with van der Waals surface area (Å²) < 4.78 is 35.2. The van der Waals surface area contributed by atoms with Gasteiger partial charge in [-0.1, -0.05) is 23.2 Å². The second-order valence-electron chi connectivity index (χ2n) is 8.69. The van der Waals surface area contributed by atoms with E-state index < -0.39 is 22.5 Å². The Balaban J connectivity index is 1.54. The number of anilines is 2.